The van der Waals surface area contributed by atoms with Gasteiger partial charge in [0.1, 0.15) is 13.2 Å². The third-order valence-electron chi connectivity index (χ3n) is 5.42. The highest BCUT2D eigenvalue weighted by Crippen LogP contribution is 2.01. The average Bonchev–Trinajstić information content (AvgIpc) is 3.05. The van der Waals surface area contributed by atoms with Gasteiger partial charge in [-0.15, -0.1) is 6.42 Å². The van der Waals surface area contributed by atoms with Crippen LogP contribution in [0.25, 0.3) is 0 Å². The summed E-state index contributed by atoms with van der Waals surface area (Å²) >= 11 is 0. The molecule has 0 unspecified atom stereocenters. The van der Waals surface area contributed by atoms with E-state index in [1.165, 1.54) is 0 Å². The number of carbonyl (C=O) groups excluding carboxylic acids is 1. The van der Waals surface area contributed by atoms with Crippen LogP contribution in [0.3, 0.4) is 0 Å². The van der Waals surface area contributed by atoms with E-state index in [0.717, 1.165) is 0 Å². The summed E-state index contributed by atoms with van der Waals surface area (Å²) in [7, 11) is 0. The van der Waals surface area contributed by atoms with E-state index in [0.29, 0.717) is 152 Å². The molecule has 1 N–H and O–H groups in total. The van der Waals surface area contributed by atoms with Crippen molar-refractivity contribution in [2.75, 3.05) is 152 Å². The average molecular weight is 669 g/mol. The van der Waals surface area contributed by atoms with Crippen LogP contribution in [0.2, 0.25) is 0 Å². The second kappa shape index (κ2) is 39.2. The number of esters is 1. The van der Waals surface area contributed by atoms with Crippen molar-refractivity contribution in [3.63, 3.8) is 0 Å². The molecule has 0 aromatic rings. The summed E-state index contributed by atoms with van der Waals surface area (Å²) in [4.78, 5) is 21.9. The highest BCUT2D eigenvalue weighted by molar-refractivity contribution is 5.69. The molecule has 15 nitrogen and oxygen atoms in total. The minimum Gasteiger partial charge on any atom is -0.481 e. The van der Waals surface area contributed by atoms with Gasteiger partial charge in [-0.1, -0.05) is 5.92 Å². The zero-order chi connectivity index (χ0) is 33.4. The Morgan fingerprint density at radius 2 is 0.674 bits per heavy atom. The highest BCUT2D eigenvalue weighted by Gasteiger charge is 2.04. The highest BCUT2D eigenvalue weighted by atomic mass is 16.6. The molecule has 0 aliphatic heterocycles. The smallest absolute Gasteiger partial charge is 0.305 e. The first kappa shape index (κ1) is 44.1. The molecule has 0 rings (SSSR count). The number of hydrogen-bond acceptors (Lipinski definition) is 14. The summed E-state index contributed by atoms with van der Waals surface area (Å²) in [5, 5.41) is 8.54. The minimum absolute atomic E-state index is 0.0589. The molecule has 0 aliphatic rings. The van der Waals surface area contributed by atoms with E-state index in [9.17, 15) is 9.59 Å². The van der Waals surface area contributed by atoms with Crippen molar-refractivity contribution < 1.29 is 71.5 Å². The van der Waals surface area contributed by atoms with Gasteiger partial charge in [0.2, 0.25) is 0 Å². The van der Waals surface area contributed by atoms with Crippen LogP contribution in [-0.2, 0) is 66.4 Å². The molecule has 0 atom stereocenters. The number of terminal acetylenes is 1. The van der Waals surface area contributed by atoms with Crippen LogP contribution in [0, 0.1) is 12.3 Å². The summed E-state index contributed by atoms with van der Waals surface area (Å²) in [5.41, 5.74) is 0. The van der Waals surface area contributed by atoms with Gasteiger partial charge >= 0.3 is 11.9 Å². The predicted molar refractivity (Wildman–Crippen MR) is 165 cm³/mol. The third-order valence-corrected chi connectivity index (χ3v) is 5.42. The molecule has 0 bridgehead atoms. The topological polar surface area (TPSA) is 165 Å². The summed E-state index contributed by atoms with van der Waals surface area (Å²) < 4.78 is 64.2. The van der Waals surface area contributed by atoms with Crippen LogP contribution in [0.1, 0.15) is 25.7 Å². The maximum atomic E-state index is 11.5. The zero-order valence-electron chi connectivity index (χ0n) is 27.3. The standard InChI is InChI=1S/C31H56O15/c1-2-7-35-8-9-36-10-11-37-12-13-38-14-15-39-16-17-40-18-19-41-20-21-42-22-23-43-24-25-44-26-27-45-28-29-46-31(34)6-4-3-5-30(32)33/h1H,3-29H2,(H,32,33). The molecule has 0 fully saturated rings. The first-order valence-corrected chi connectivity index (χ1v) is 15.8. The van der Waals surface area contributed by atoms with Crippen molar-refractivity contribution in [3.8, 4) is 12.3 Å². The molecule has 0 aliphatic carbocycles. The van der Waals surface area contributed by atoms with E-state index in [-0.39, 0.29) is 32.0 Å². The second-order valence-corrected chi connectivity index (χ2v) is 9.20. The van der Waals surface area contributed by atoms with Gasteiger partial charge in [0.05, 0.1) is 139 Å². The van der Waals surface area contributed by atoms with Crippen molar-refractivity contribution in [2.24, 2.45) is 0 Å². The lowest BCUT2D eigenvalue weighted by Crippen LogP contribution is -2.15. The molecular formula is C31H56O15. The van der Waals surface area contributed by atoms with Gasteiger partial charge < -0.3 is 61.9 Å². The van der Waals surface area contributed by atoms with Crippen molar-refractivity contribution in [3.05, 3.63) is 0 Å². The Kier molecular flexibility index (Phi) is 37.6. The summed E-state index contributed by atoms with van der Waals surface area (Å²) in [6, 6.07) is 0. The summed E-state index contributed by atoms with van der Waals surface area (Å²) in [6.07, 6.45) is 6.30. The largest absolute Gasteiger partial charge is 0.481 e. The fraction of sp³-hybridized carbons (Fsp3) is 0.871. The molecule has 0 saturated heterocycles. The fourth-order valence-corrected chi connectivity index (χ4v) is 3.16. The monoisotopic (exact) mass is 668 g/mol. The van der Waals surface area contributed by atoms with Gasteiger partial charge in [-0.25, -0.2) is 0 Å². The Morgan fingerprint density at radius 1 is 0.413 bits per heavy atom. The molecule has 15 heteroatoms. The van der Waals surface area contributed by atoms with E-state index in [4.69, 9.17) is 68.4 Å². The zero-order valence-corrected chi connectivity index (χ0v) is 27.3. The normalized spacial score (nSPS) is 11.1. The lowest BCUT2D eigenvalue weighted by atomic mass is 10.2. The van der Waals surface area contributed by atoms with E-state index in [2.05, 4.69) is 5.92 Å². The van der Waals surface area contributed by atoms with Gasteiger partial charge in [-0.05, 0) is 12.8 Å². The summed E-state index contributed by atoms with van der Waals surface area (Å²) in [6.45, 7) is 10.2. The van der Waals surface area contributed by atoms with E-state index >= 15 is 0 Å². The van der Waals surface area contributed by atoms with Crippen LogP contribution in [0.4, 0.5) is 0 Å². The quantitative estimate of drug-likeness (QED) is 0.0560. The number of unbranched alkanes of at least 4 members (excludes halogenated alkanes) is 1. The SMILES string of the molecule is C#CCOCCOCCOCCOCCOCCOCCOCCOCCOCCOCCOCCOC(=O)CCCCC(=O)O. The maximum Gasteiger partial charge on any atom is 0.305 e. The molecule has 0 spiro atoms. The molecule has 0 saturated carbocycles. The van der Waals surface area contributed by atoms with Crippen LogP contribution in [-0.4, -0.2) is 169 Å². The second-order valence-electron chi connectivity index (χ2n) is 9.20. The predicted octanol–water partition coefficient (Wildman–Crippen LogP) is 0.990. The van der Waals surface area contributed by atoms with Crippen LogP contribution < -0.4 is 0 Å². The number of rotatable bonds is 39. The van der Waals surface area contributed by atoms with E-state index in [1.807, 2.05) is 0 Å². The van der Waals surface area contributed by atoms with E-state index in [1.54, 1.807) is 0 Å². The minimum atomic E-state index is -0.864. The number of ether oxygens (including phenoxy) is 12. The lowest BCUT2D eigenvalue weighted by Gasteiger charge is -2.09. The third kappa shape index (κ3) is 40.1. The van der Waals surface area contributed by atoms with Crippen LogP contribution in [0.15, 0.2) is 0 Å². The molecule has 0 aromatic heterocycles. The fourth-order valence-electron chi connectivity index (χ4n) is 3.16. The number of aliphatic carboxylic acids is 1. The Bertz CT molecular complexity index is 689. The molecular weight excluding hydrogens is 612 g/mol. The summed E-state index contributed by atoms with van der Waals surface area (Å²) in [5.74, 6) is 1.18. The molecule has 270 valence electrons. The number of carboxylic acids is 1. The molecule has 0 heterocycles. The van der Waals surface area contributed by atoms with Crippen molar-refractivity contribution >= 4 is 11.9 Å². The maximum absolute atomic E-state index is 11.5. The van der Waals surface area contributed by atoms with Crippen molar-refractivity contribution in [1.29, 1.82) is 0 Å². The van der Waals surface area contributed by atoms with Gasteiger partial charge in [0.25, 0.3) is 0 Å². The lowest BCUT2D eigenvalue weighted by molar-refractivity contribution is -0.146. The molecule has 0 amide bonds. The Morgan fingerprint density at radius 3 is 0.957 bits per heavy atom. The first-order valence-electron chi connectivity index (χ1n) is 15.8. The van der Waals surface area contributed by atoms with Gasteiger partial charge in [-0.3, -0.25) is 9.59 Å². The Labute approximate surface area is 273 Å². The van der Waals surface area contributed by atoms with Gasteiger partial charge in [0, 0.05) is 12.8 Å². The first-order chi connectivity index (χ1) is 22.7. The van der Waals surface area contributed by atoms with E-state index < -0.39 is 5.97 Å². The Hall–Kier alpha value is -1.94. The van der Waals surface area contributed by atoms with Crippen molar-refractivity contribution in [2.45, 2.75) is 25.7 Å². The van der Waals surface area contributed by atoms with Crippen LogP contribution >= 0.6 is 0 Å². The number of carboxylic acid groups (broad SMARTS) is 1. The van der Waals surface area contributed by atoms with Gasteiger partial charge in [-0.2, -0.15) is 0 Å². The van der Waals surface area contributed by atoms with Crippen LogP contribution in [0.5, 0.6) is 0 Å². The number of carbonyl (C=O) groups is 2. The Balaban J connectivity index is 3.09. The molecule has 0 radical (unpaired) electrons. The van der Waals surface area contributed by atoms with Gasteiger partial charge in [0.15, 0.2) is 0 Å². The number of hydrogen-bond donors (Lipinski definition) is 1. The molecule has 0 aromatic carbocycles. The van der Waals surface area contributed by atoms with Crippen molar-refractivity contribution in [1.82, 2.24) is 0 Å². The molecule has 46 heavy (non-hydrogen) atoms.